The predicted molar refractivity (Wildman–Crippen MR) is 106 cm³/mol. The molecule has 0 aliphatic carbocycles. The smallest absolute Gasteiger partial charge is 0.252 e. The van der Waals surface area contributed by atoms with E-state index in [1.807, 2.05) is 36.4 Å². The van der Waals surface area contributed by atoms with E-state index in [1.165, 1.54) is 13.1 Å². The quantitative estimate of drug-likeness (QED) is 0.657. The van der Waals surface area contributed by atoms with Gasteiger partial charge in [0, 0.05) is 13.6 Å². The van der Waals surface area contributed by atoms with Crippen molar-refractivity contribution in [2.45, 2.75) is 10.8 Å². The van der Waals surface area contributed by atoms with Crippen molar-refractivity contribution in [3.8, 4) is 5.75 Å². The van der Waals surface area contributed by atoms with Crippen molar-refractivity contribution in [1.82, 2.24) is 9.62 Å². The summed E-state index contributed by atoms with van der Waals surface area (Å²) in [5.41, 5.74) is 0.935. The van der Waals surface area contributed by atoms with Crippen LogP contribution in [0.1, 0.15) is 5.56 Å². The van der Waals surface area contributed by atoms with Gasteiger partial charge in [0.15, 0.2) is 0 Å². The molecule has 6 nitrogen and oxygen atoms in total. The zero-order valence-corrected chi connectivity index (χ0v) is 16.6. The van der Waals surface area contributed by atoms with Crippen LogP contribution in [0.2, 0.25) is 0 Å². The Kier molecular flexibility index (Phi) is 5.79. The molecule has 3 rings (SSSR count). The van der Waals surface area contributed by atoms with Crippen LogP contribution in [0.4, 0.5) is 0 Å². The first kappa shape index (κ1) is 19.3. The van der Waals surface area contributed by atoms with Crippen LogP contribution in [-0.4, -0.2) is 39.3 Å². The van der Waals surface area contributed by atoms with Gasteiger partial charge in [0.2, 0.25) is 5.91 Å². The number of hydrogen-bond donors (Lipinski definition) is 1. The predicted octanol–water partition coefficient (Wildman–Crippen LogP) is 2.85. The first-order chi connectivity index (χ1) is 12.9. The summed E-state index contributed by atoms with van der Waals surface area (Å²) in [6.45, 7) is 0.0959. The van der Waals surface area contributed by atoms with Crippen LogP contribution >= 0.6 is 11.3 Å². The van der Waals surface area contributed by atoms with Gasteiger partial charge in [0.1, 0.15) is 9.96 Å². The number of carbonyl (C=O) groups excluding carboxylic acids is 1. The number of hydrogen-bond acceptors (Lipinski definition) is 5. The number of nitrogens with one attached hydrogen (secondary N) is 1. The van der Waals surface area contributed by atoms with E-state index >= 15 is 0 Å². The molecule has 27 heavy (non-hydrogen) atoms. The highest BCUT2D eigenvalue weighted by Gasteiger charge is 2.23. The number of ether oxygens (including phenoxy) is 1. The third-order valence-electron chi connectivity index (χ3n) is 4.13. The molecule has 0 atom stereocenters. The molecule has 142 valence electrons. The summed E-state index contributed by atoms with van der Waals surface area (Å²) in [5, 5.41) is 6.55. The van der Waals surface area contributed by atoms with Crippen molar-refractivity contribution in [3.05, 3.63) is 59.5 Å². The molecule has 1 N–H and O–H groups in total. The van der Waals surface area contributed by atoms with Gasteiger partial charge in [-0.1, -0.05) is 24.3 Å². The third-order valence-corrected chi connectivity index (χ3v) is 7.30. The summed E-state index contributed by atoms with van der Waals surface area (Å²) in [6.07, 6.45) is 0. The lowest BCUT2D eigenvalue weighted by Gasteiger charge is -2.15. The van der Waals surface area contributed by atoms with Gasteiger partial charge in [-0.15, -0.1) is 11.3 Å². The van der Waals surface area contributed by atoms with Gasteiger partial charge < -0.3 is 10.1 Å². The molecule has 0 fully saturated rings. The number of sulfonamides is 1. The first-order valence-electron chi connectivity index (χ1n) is 8.23. The zero-order valence-electron chi connectivity index (χ0n) is 15.0. The second kappa shape index (κ2) is 8.08. The average molecular weight is 405 g/mol. The Morgan fingerprint density at radius 1 is 1.15 bits per heavy atom. The first-order valence-corrected chi connectivity index (χ1v) is 10.6. The van der Waals surface area contributed by atoms with Gasteiger partial charge in [0.25, 0.3) is 10.0 Å². The molecule has 0 aliphatic heterocycles. The minimum atomic E-state index is -3.63. The van der Waals surface area contributed by atoms with E-state index < -0.39 is 10.0 Å². The lowest BCUT2D eigenvalue weighted by molar-refractivity contribution is -0.121. The maximum atomic E-state index is 12.3. The van der Waals surface area contributed by atoms with E-state index in [0.29, 0.717) is 6.54 Å². The molecule has 2 aromatic carbocycles. The monoisotopic (exact) mass is 404 g/mol. The maximum Gasteiger partial charge on any atom is 0.252 e. The van der Waals surface area contributed by atoms with Gasteiger partial charge in [-0.25, -0.2) is 8.42 Å². The van der Waals surface area contributed by atoms with Crippen LogP contribution in [-0.2, 0) is 21.4 Å². The van der Waals surface area contributed by atoms with E-state index in [-0.39, 0.29) is 16.7 Å². The second-order valence-corrected chi connectivity index (χ2v) is 9.24. The molecule has 1 heterocycles. The number of rotatable bonds is 7. The van der Waals surface area contributed by atoms with Crippen molar-refractivity contribution in [2.75, 3.05) is 20.7 Å². The van der Waals surface area contributed by atoms with E-state index in [9.17, 15) is 13.2 Å². The second-order valence-electron chi connectivity index (χ2n) is 6.02. The fraction of sp³-hybridized carbons (Fsp3) is 0.211. The SMILES string of the molecule is COc1ccc2cc(CNC(=O)CN(C)S(=O)(=O)c3cccs3)ccc2c1. The molecule has 0 aliphatic rings. The fourth-order valence-electron chi connectivity index (χ4n) is 2.62. The summed E-state index contributed by atoms with van der Waals surface area (Å²) >= 11 is 1.13. The Bertz CT molecular complexity index is 1050. The molecule has 0 unspecified atom stereocenters. The minimum Gasteiger partial charge on any atom is -0.497 e. The molecule has 1 amide bonds. The lowest BCUT2D eigenvalue weighted by Crippen LogP contribution is -2.37. The highest BCUT2D eigenvalue weighted by molar-refractivity contribution is 7.91. The number of fused-ring (bicyclic) bond motifs is 1. The van der Waals surface area contributed by atoms with E-state index in [2.05, 4.69) is 5.32 Å². The van der Waals surface area contributed by atoms with E-state index in [4.69, 9.17) is 4.74 Å². The van der Waals surface area contributed by atoms with Crippen LogP contribution in [0.3, 0.4) is 0 Å². The van der Waals surface area contributed by atoms with Crippen LogP contribution in [0.5, 0.6) is 5.75 Å². The zero-order chi connectivity index (χ0) is 19.4. The van der Waals surface area contributed by atoms with Crippen LogP contribution in [0.15, 0.2) is 58.1 Å². The molecular formula is C19H20N2O4S2. The number of likely N-dealkylation sites (N-methyl/N-ethyl adjacent to an activating group) is 1. The van der Waals surface area contributed by atoms with Gasteiger partial charge in [-0.3, -0.25) is 4.79 Å². The molecule has 0 saturated heterocycles. The van der Waals surface area contributed by atoms with Crippen LogP contribution in [0, 0.1) is 0 Å². The van der Waals surface area contributed by atoms with Gasteiger partial charge in [0.05, 0.1) is 13.7 Å². The molecule has 8 heteroatoms. The third kappa shape index (κ3) is 4.47. The van der Waals surface area contributed by atoms with E-state index in [0.717, 1.165) is 37.7 Å². The number of benzene rings is 2. The minimum absolute atomic E-state index is 0.225. The lowest BCUT2D eigenvalue weighted by atomic mass is 10.1. The summed E-state index contributed by atoms with van der Waals surface area (Å²) in [4.78, 5) is 12.2. The summed E-state index contributed by atoms with van der Waals surface area (Å²) in [5.74, 6) is 0.436. The standard InChI is InChI=1S/C19H20N2O4S2/c1-21(27(23,24)19-4-3-9-26-19)13-18(22)20-12-14-5-6-16-11-17(25-2)8-7-15(16)10-14/h3-11H,12-13H2,1-2H3,(H,20,22). The number of carbonyl (C=O) groups is 1. The van der Waals surface area contributed by atoms with Crippen molar-refractivity contribution < 1.29 is 17.9 Å². The fourth-order valence-corrected chi connectivity index (χ4v) is 4.95. The van der Waals surface area contributed by atoms with Gasteiger partial charge >= 0.3 is 0 Å². The highest BCUT2D eigenvalue weighted by atomic mass is 32.2. The van der Waals surface area contributed by atoms with Crippen molar-refractivity contribution >= 4 is 38.0 Å². The Morgan fingerprint density at radius 2 is 1.89 bits per heavy atom. The molecule has 0 radical (unpaired) electrons. The molecule has 1 aromatic heterocycles. The normalized spacial score (nSPS) is 11.7. The number of nitrogens with zero attached hydrogens (tertiary/aromatic N) is 1. The Hall–Kier alpha value is -2.42. The van der Waals surface area contributed by atoms with Crippen molar-refractivity contribution in [2.24, 2.45) is 0 Å². The molecule has 3 aromatic rings. The number of methoxy groups -OCH3 is 1. The molecular weight excluding hydrogens is 384 g/mol. The number of amides is 1. The highest BCUT2D eigenvalue weighted by Crippen LogP contribution is 2.22. The Labute approximate surface area is 162 Å². The summed E-state index contributed by atoms with van der Waals surface area (Å²) in [6, 6.07) is 14.9. The van der Waals surface area contributed by atoms with Gasteiger partial charge in [-0.05, 0) is 46.0 Å². The average Bonchev–Trinajstić information content (AvgIpc) is 3.21. The van der Waals surface area contributed by atoms with Gasteiger partial charge in [-0.2, -0.15) is 4.31 Å². The van der Waals surface area contributed by atoms with Crippen molar-refractivity contribution in [3.63, 3.8) is 0 Å². The molecule has 0 saturated carbocycles. The Morgan fingerprint density at radius 3 is 2.59 bits per heavy atom. The largest absolute Gasteiger partial charge is 0.497 e. The maximum absolute atomic E-state index is 12.3. The van der Waals surface area contributed by atoms with E-state index in [1.54, 1.807) is 18.6 Å². The number of thiophene rings is 1. The van der Waals surface area contributed by atoms with Crippen LogP contribution < -0.4 is 10.1 Å². The summed E-state index contributed by atoms with van der Waals surface area (Å²) in [7, 11) is -0.603. The summed E-state index contributed by atoms with van der Waals surface area (Å²) < 4.78 is 31.2. The topological polar surface area (TPSA) is 75.7 Å². The van der Waals surface area contributed by atoms with Crippen LogP contribution in [0.25, 0.3) is 10.8 Å². The molecule has 0 bridgehead atoms. The molecule has 0 spiro atoms. The van der Waals surface area contributed by atoms with Crippen molar-refractivity contribution in [1.29, 1.82) is 0 Å². The Balaban J connectivity index is 1.61.